The topological polar surface area (TPSA) is 108 Å². The van der Waals surface area contributed by atoms with Crippen LogP contribution in [0.3, 0.4) is 0 Å². The predicted octanol–water partition coefficient (Wildman–Crippen LogP) is 1.84. The van der Waals surface area contributed by atoms with Crippen LogP contribution >= 0.6 is 0 Å². The number of H-pyrrole nitrogens is 1. The van der Waals surface area contributed by atoms with Crippen LogP contribution in [0.15, 0.2) is 47.2 Å². The Morgan fingerprint density at radius 1 is 1.40 bits per heavy atom. The van der Waals surface area contributed by atoms with Gasteiger partial charge in [0, 0.05) is 18.3 Å². The molecule has 1 aliphatic rings. The van der Waals surface area contributed by atoms with Gasteiger partial charge in [0.2, 0.25) is 5.88 Å². The number of hydrogen-bond acceptors (Lipinski definition) is 6. The first-order chi connectivity index (χ1) is 12.2. The number of ether oxygens (including phenoxy) is 1. The van der Waals surface area contributed by atoms with Crippen LogP contribution in [0.1, 0.15) is 16.1 Å². The molecule has 1 N–H and O–H groups in total. The summed E-state index contributed by atoms with van der Waals surface area (Å²) in [6.07, 6.45) is 2.90. The highest BCUT2D eigenvalue weighted by Crippen LogP contribution is 2.21. The number of likely N-dealkylation sites (tertiary alicyclic amines) is 1. The fourth-order valence-corrected chi connectivity index (χ4v) is 2.52. The molecular weight excluding hydrogens is 322 g/mol. The van der Waals surface area contributed by atoms with Gasteiger partial charge >= 0.3 is 0 Å². The van der Waals surface area contributed by atoms with E-state index in [1.165, 1.54) is 6.20 Å². The number of furan rings is 1. The standard InChI is InChI=1S/C17H13N5O3/c18-7-11-3-4-16(19-8-11)25-12-9-22(10-12)17(23)14-6-13(20-21-14)15-2-1-5-24-15/h1-6,8,12H,9-10H2,(H,20,21). The average molecular weight is 335 g/mol. The minimum absolute atomic E-state index is 0.118. The average Bonchev–Trinajstić information content (AvgIpc) is 3.28. The van der Waals surface area contributed by atoms with E-state index in [2.05, 4.69) is 15.2 Å². The van der Waals surface area contributed by atoms with Crippen molar-refractivity contribution in [3.8, 4) is 23.4 Å². The van der Waals surface area contributed by atoms with E-state index in [9.17, 15) is 4.79 Å². The summed E-state index contributed by atoms with van der Waals surface area (Å²) in [5.74, 6) is 0.904. The van der Waals surface area contributed by atoms with Gasteiger partial charge in [-0.15, -0.1) is 0 Å². The Kier molecular flexibility index (Phi) is 3.67. The molecule has 8 heteroatoms. The van der Waals surface area contributed by atoms with Crippen molar-refractivity contribution in [2.45, 2.75) is 6.10 Å². The zero-order valence-corrected chi connectivity index (χ0v) is 13.0. The molecule has 1 saturated heterocycles. The van der Waals surface area contributed by atoms with E-state index in [4.69, 9.17) is 14.4 Å². The summed E-state index contributed by atoms with van der Waals surface area (Å²) in [6.45, 7) is 0.924. The van der Waals surface area contributed by atoms with Crippen LogP contribution in [0.2, 0.25) is 0 Å². The Bertz CT molecular complexity index is 918. The van der Waals surface area contributed by atoms with Crippen LogP contribution in [0.25, 0.3) is 11.5 Å². The summed E-state index contributed by atoms with van der Waals surface area (Å²) >= 11 is 0. The molecule has 0 bridgehead atoms. The van der Waals surface area contributed by atoms with Crippen molar-refractivity contribution in [1.82, 2.24) is 20.1 Å². The van der Waals surface area contributed by atoms with Crippen molar-refractivity contribution < 1.29 is 13.9 Å². The summed E-state index contributed by atoms with van der Waals surface area (Å²) in [4.78, 5) is 18.1. The number of nitrogens with one attached hydrogen (secondary N) is 1. The minimum Gasteiger partial charge on any atom is -0.471 e. The van der Waals surface area contributed by atoms with Gasteiger partial charge in [-0.05, 0) is 18.2 Å². The second kappa shape index (κ2) is 6.13. The number of amides is 1. The fraction of sp³-hybridized carbons (Fsp3) is 0.176. The summed E-state index contributed by atoms with van der Waals surface area (Å²) in [5.41, 5.74) is 1.47. The third kappa shape index (κ3) is 2.95. The van der Waals surface area contributed by atoms with Gasteiger partial charge in [0.05, 0.1) is 24.9 Å². The Balaban J connectivity index is 1.34. The molecular formula is C17H13N5O3. The van der Waals surface area contributed by atoms with Gasteiger partial charge in [0.15, 0.2) is 11.5 Å². The molecule has 0 atom stereocenters. The van der Waals surface area contributed by atoms with Gasteiger partial charge in [0.25, 0.3) is 5.91 Å². The number of hydrogen-bond donors (Lipinski definition) is 1. The molecule has 0 spiro atoms. The fourth-order valence-electron chi connectivity index (χ4n) is 2.52. The third-order valence-corrected chi connectivity index (χ3v) is 3.87. The van der Waals surface area contributed by atoms with Crippen molar-refractivity contribution >= 4 is 5.91 Å². The molecule has 1 amide bonds. The normalized spacial score (nSPS) is 14.0. The molecule has 124 valence electrons. The maximum Gasteiger partial charge on any atom is 0.274 e. The van der Waals surface area contributed by atoms with Gasteiger partial charge < -0.3 is 14.1 Å². The first kappa shape index (κ1) is 15.0. The summed E-state index contributed by atoms with van der Waals surface area (Å²) in [7, 11) is 0. The third-order valence-electron chi connectivity index (χ3n) is 3.87. The number of nitriles is 1. The number of aromatic nitrogens is 3. The SMILES string of the molecule is N#Cc1ccc(OC2CN(C(=O)c3cc(-c4ccco4)[nH]n3)C2)nc1. The van der Waals surface area contributed by atoms with Crippen LogP contribution < -0.4 is 4.74 Å². The lowest BCUT2D eigenvalue weighted by atomic mass is 10.1. The number of aromatic amines is 1. The number of pyridine rings is 1. The first-order valence-electron chi connectivity index (χ1n) is 7.64. The van der Waals surface area contributed by atoms with Crippen LogP contribution in [-0.4, -0.2) is 45.2 Å². The zero-order valence-electron chi connectivity index (χ0n) is 13.0. The maximum atomic E-state index is 12.4. The number of nitrogens with zero attached hydrogens (tertiary/aromatic N) is 4. The smallest absolute Gasteiger partial charge is 0.274 e. The Morgan fingerprint density at radius 3 is 2.96 bits per heavy atom. The maximum absolute atomic E-state index is 12.4. The van der Waals surface area contributed by atoms with Gasteiger partial charge in [0.1, 0.15) is 17.9 Å². The molecule has 4 rings (SSSR count). The lowest BCUT2D eigenvalue weighted by Crippen LogP contribution is -2.56. The van der Waals surface area contributed by atoms with Gasteiger partial charge in [-0.25, -0.2) is 4.98 Å². The molecule has 8 nitrogen and oxygen atoms in total. The van der Waals surface area contributed by atoms with Crippen LogP contribution in [0.4, 0.5) is 0 Å². The summed E-state index contributed by atoms with van der Waals surface area (Å²) in [6, 6.07) is 10.5. The van der Waals surface area contributed by atoms with Gasteiger partial charge in [-0.3, -0.25) is 9.89 Å². The largest absolute Gasteiger partial charge is 0.471 e. The summed E-state index contributed by atoms with van der Waals surface area (Å²) in [5, 5.41) is 15.6. The predicted molar refractivity (Wildman–Crippen MR) is 85.6 cm³/mol. The Labute approximate surface area is 142 Å². The molecule has 1 fully saturated rings. The monoisotopic (exact) mass is 335 g/mol. The highest BCUT2D eigenvalue weighted by molar-refractivity contribution is 5.93. The summed E-state index contributed by atoms with van der Waals surface area (Å²) < 4.78 is 10.9. The zero-order chi connectivity index (χ0) is 17.2. The van der Waals surface area contributed by atoms with E-state index >= 15 is 0 Å². The molecule has 3 aromatic rings. The molecule has 0 aromatic carbocycles. The first-order valence-corrected chi connectivity index (χ1v) is 7.64. The molecule has 0 radical (unpaired) electrons. The van der Waals surface area contributed by atoms with Crippen molar-refractivity contribution in [1.29, 1.82) is 5.26 Å². The van der Waals surface area contributed by atoms with Crippen molar-refractivity contribution in [2.75, 3.05) is 13.1 Å². The van der Waals surface area contributed by atoms with Gasteiger partial charge in [-0.1, -0.05) is 0 Å². The van der Waals surface area contributed by atoms with Crippen molar-refractivity contribution in [2.24, 2.45) is 0 Å². The molecule has 0 aliphatic carbocycles. The number of rotatable bonds is 4. The Morgan fingerprint density at radius 2 is 2.28 bits per heavy atom. The second-order valence-corrected chi connectivity index (χ2v) is 5.59. The number of carbonyl (C=O) groups is 1. The van der Waals surface area contributed by atoms with Crippen molar-refractivity contribution in [3.63, 3.8) is 0 Å². The minimum atomic E-state index is -0.165. The quantitative estimate of drug-likeness (QED) is 0.779. The lowest BCUT2D eigenvalue weighted by Gasteiger charge is -2.38. The van der Waals surface area contributed by atoms with Crippen LogP contribution in [0.5, 0.6) is 5.88 Å². The van der Waals surface area contributed by atoms with Crippen molar-refractivity contribution in [3.05, 3.63) is 54.0 Å². The Hall–Kier alpha value is -3.60. The van der Waals surface area contributed by atoms with Crippen LogP contribution in [-0.2, 0) is 0 Å². The van der Waals surface area contributed by atoms with E-state index in [1.807, 2.05) is 6.07 Å². The van der Waals surface area contributed by atoms with E-state index in [1.54, 1.807) is 41.5 Å². The van der Waals surface area contributed by atoms with Crippen LogP contribution in [0, 0.1) is 11.3 Å². The molecule has 25 heavy (non-hydrogen) atoms. The van der Waals surface area contributed by atoms with E-state index in [-0.39, 0.29) is 12.0 Å². The highest BCUT2D eigenvalue weighted by atomic mass is 16.5. The van der Waals surface area contributed by atoms with E-state index in [0.29, 0.717) is 41.7 Å². The number of carbonyl (C=O) groups excluding carboxylic acids is 1. The molecule has 0 saturated carbocycles. The molecule has 0 unspecified atom stereocenters. The molecule has 4 heterocycles. The second-order valence-electron chi connectivity index (χ2n) is 5.59. The lowest BCUT2D eigenvalue weighted by molar-refractivity contribution is 0.0156. The molecule has 3 aromatic heterocycles. The molecule has 1 aliphatic heterocycles. The van der Waals surface area contributed by atoms with E-state index in [0.717, 1.165) is 0 Å². The highest BCUT2D eigenvalue weighted by Gasteiger charge is 2.34. The van der Waals surface area contributed by atoms with E-state index < -0.39 is 0 Å². The van der Waals surface area contributed by atoms with Gasteiger partial charge in [-0.2, -0.15) is 10.4 Å².